The Morgan fingerprint density at radius 3 is 1.68 bits per heavy atom. The number of hydrogen-bond donors (Lipinski definition) is 1. The number of ether oxygens (including phenoxy) is 1. The topological polar surface area (TPSA) is 52.3 Å². The summed E-state index contributed by atoms with van der Waals surface area (Å²) < 4.78 is 5.62. The molecular weight excluding hydrogens is 238 g/mol. The van der Waals surface area contributed by atoms with Crippen molar-refractivity contribution in [1.82, 2.24) is 0 Å². The summed E-state index contributed by atoms with van der Waals surface area (Å²) in [4.78, 5) is 12.7. The zero-order valence-corrected chi connectivity index (χ0v) is 14.3. The van der Waals surface area contributed by atoms with Gasteiger partial charge in [-0.2, -0.15) is 0 Å². The van der Waals surface area contributed by atoms with Crippen LogP contribution < -0.4 is 5.73 Å². The van der Waals surface area contributed by atoms with Crippen LogP contribution in [0.4, 0.5) is 0 Å². The maximum absolute atomic E-state index is 12.7. The summed E-state index contributed by atoms with van der Waals surface area (Å²) in [7, 11) is 0. The highest BCUT2D eigenvalue weighted by Crippen LogP contribution is 2.43. The summed E-state index contributed by atoms with van der Waals surface area (Å²) >= 11 is 0. The normalized spacial score (nSPS) is 19.5. The number of nitrogens with two attached hydrogens (primary N) is 1. The molecule has 0 spiro atoms. The van der Waals surface area contributed by atoms with E-state index in [0.29, 0.717) is 6.42 Å². The standard InChI is InChI=1S/C16H33NO2/c1-10-16(9,17)15(8,11-13(2,3)4)12(18)19-14(5,6)7/h10-11,17H2,1-9H3. The molecule has 0 rings (SSSR count). The Balaban J connectivity index is 5.47. The molecule has 0 amide bonds. The predicted octanol–water partition coefficient (Wildman–Crippen LogP) is 3.90. The molecule has 0 fully saturated rings. The largest absolute Gasteiger partial charge is 0.459 e. The lowest BCUT2D eigenvalue weighted by molar-refractivity contribution is -0.173. The van der Waals surface area contributed by atoms with Gasteiger partial charge in [0.25, 0.3) is 0 Å². The summed E-state index contributed by atoms with van der Waals surface area (Å²) in [5.41, 5.74) is 4.68. The second-order valence-corrected chi connectivity index (χ2v) is 8.34. The summed E-state index contributed by atoms with van der Waals surface area (Å²) in [5.74, 6) is -0.193. The van der Waals surface area contributed by atoms with Crippen LogP contribution in [0.5, 0.6) is 0 Å². The molecule has 0 saturated heterocycles. The van der Waals surface area contributed by atoms with Gasteiger partial charge in [-0.05, 0) is 52.9 Å². The van der Waals surface area contributed by atoms with Crippen molar-refractivity contribution in [3.05, 3.63) is 0 Å². The van der Waals surface area contributed by atoms with Crippen molar-refractivity contribution in [3.63, 3.8) is 0 Å². The van der Waals surface area contributed by atoms with Crippen LogP contribution >= 0.6 is 0 Å². The van der Waals surface area contributed by atoms with E-state index in [0.717, 1.165) is 6.42 Å². The van der Waals surface area contributed by atoms with Crippen LogP contribution in [-0.4, -0.2) is 17.1 Å². The second kappa shape index (κ2) is 5.43. The fraction of sp³-hybridized carbons (Fsp3) is 0.938. The fourth-order valence-corrected chi connectivity index (χ4v) is 2.35. The van der Waals surface area contributed by atoms with Gasteiger partial charge in [-0.1, -0.05) is 27.7 Å². The molecule has 0 aliphatic carbocycles. The predicted molar refractivity (Wildman–Crippen MR) is 80.9 cm³/mol. The van der Waals surface area contributed by atoms with Gasteiger partial charge in [-0.25, -0.2) is 0 Å². The lowest BCUT2D eigenvalue weighted by Gasteiger charge is -2.45. The van der Waals surface area contributed by atoms with Gasteiger partial charge >= 0.3 is 5.97 Å². The summed E-state index contributed by atoms with van der Waals surface area (Å²) in [6.07, 6.45) is 1.44. The molecule has 0 aromatic heterocycles. The van der Waals surface area contributed by atoms with E-state index >= 15 is 0 Å². The molecule has 2 atom stereocenters. The third kappa shape index (κ3) is 5.13. The minimum Gasteiger partial charge on any atom is -0.459 e. The Bertz CT molecular complexity index is 321. The first-order valence-electron chi connectivity index (χ1n) is 7.17. The average molecular weight is 271 g/mol. The lowest BCUT2D eigenvalue weighted by Crippen LogP contribution is -2.58. The average Bonchev–Trinajstić information content (AvgIpc) is 2.11. The molecule has 0 heterocycles. The molecule has 3 nitrogen and oxygen atoms in total. The van der Waals surface area contributed by atoms with E-state index in [4.69, 9.17) is 10.5 Å². The van der Waals surface area contributed by atoms with Crippen LogP contribution in [0.3, 0.4) is 0 Å². The van der Waals surface area contributed by atoms with Gasteiger partial charge in [0.2, 0.25) is 0 Å². The van der Waals surface area contributed by atoms with Gasteiger partial charge in [-0.15, -0.1) is 0 Å². The summed E-state index contributed by atoms with van der Waals surface area (Å²) in [6, 6.07) is 0. The number of rotatable bonds is 4. The third-order valence-corrected chi connectivity index (χ3v) is 3.73. The number of carbonyl (C=O) groups excluding carboxylic acids is 1. The first kappa shape index (κ1) is 18.4. The molecule has 19 heavy (non-hydrogen) atoms. The van der Waals surface area contributed by atoms with Crippen LogP contribution in [0.2, 0.25) is 0 Å². The van der Waals surface area contributed by atoms with Crippen LogP contribution in [0.15, 0.2) is 0 Å². The van der Waals surface area contributed by atoms with Crippen molar-refractivity contribution in [2.24, 2.45) is 16.6 Å². The van der Waals surface area contributed by atoms with Crippen molar-refractivity contribution in [2.45, 2.75) is 86.3 Å². The van der Waals surface area contributed by atoms with Gasteiger partial charge in [-0.3, -0.25) is 4.79 Å². The monoisotopic (exact) mass is 271 g/mol. The van der Waals surface area contributed by atoms with Gasteiger partial charge < -0.3 is 10.5 Å². The Morgan fingerprint density at radius 2 is 1.42 bits per heavy atom. The minimum atomic E-state index is -0.687. The van der Waals surface area contributed by atoms with E-state index in [9.17, 15) is 4.79 Å². The number of esters is 1. The zero-order chi connectivity index (χ0) is 15.7. The molecule has 2 unspecified atom stereocenters. The van der Waals surface area contributed by atoms with Gasteiger partial charge in [0, 0.05) is 5.54 Å². The maximum Gasteiger partial charge on any atom is 0.314 e. The Labute approximate surface area is 119 Å². The maximum atomic E-state index is 12.7. The van der Waals surface area contributed by atoms with Gasteiger partial charge in [0.15, 0.2) is 0 Å². The number of hydrogen-bond acceptors (Lipinski definition) is 3. The van der Waals surface area contributed by atoms with E-state index in [-0.39, 0.29) is 11.4 Å². The van der Waals surface area contributed by atoms with Crippen LogP contribution in [0, 0.1) is 10.8 Å². The van der Waals surface area contributed by atoms with E-state index in [1.807, 2.05) is 41.5 Å². The molecule has 114 valence electrons. The molecule has 0 aliphatic heterocycles. The first-order valence-corrected chi connectivity index (χ1v) is 7.17. The molecule has 0 bridgehead atoms. The van der Waals surface area contributed by atoms with E-state index in [1.54, 1.807) is 0 Å². The molecular formula is C16H33NO2. The van der Waals surface area contributed by atoms with E-state index in [2.05, 4.69) is 20.8 Å². The fourth-order valence-electron chi connectivity index (χ4n) is 2.35. The molecule has 0 saturated carbocycles. The highest BCUT2D eigenvalue weighted by Gasteiger charge is 2.50. The van der Waals surface area contributed by atoms with Gasteiger partial charge in [0.05, 0.1) is 5.41 Å². The van der Waals surface area contributed by atoms with Gasteiger partial charge in [0.1, 0.15) is 5.60 Å². The van der Waals surface area contributed by atoms with Crippen molar-refractivity contribution in [2.75, 3.05) is 0 Å². The quantitative estimate of drug-likeness (QED) is 0.789. The smallest absolute Gasteiger partial charge is 0.314 e. The van der Waals surface area contributed by atoms with Crippen molar-refractivity contribution >= 4 is 5.97 Å². The Hall–Kier alpha value is -0.570. The molecule has 3 heteroatoms. The summed E-state index contributed by atoms with van der Waals surface area (Å²) in [5, 5.41) is 0. The molecule has 2 N–H and O–H groups in total. The van der Waals surface area contributed by atoms with Crippen molar-refractivity contribution < 1.29 is 9.53 Å². The van der Waals surface area contributed by atoms with E-state index in [1.165, 1.54) is 0 Å². The van der Waals surface area contributed by atoms with Crippen LogP contribution in [0.1, 0.15) is 75.2 Å². The SMILES string of the molecule is CCC(C)(N)C(C)(CC(C)(C)C)C(=O)OC(C)(C)C. The van der Waals surface area contributed by atoms with Crippen molar-refractivity contribution in [3.8, 4) is 0 Å². The van der Waals surface area contributed by atoms with Crippen molar-refractivity contribution in [1.29, 1.82) is 0 Å². The highest BCUT2D eigenvalue weighted by atomic mass is 16.6. The Morgan fingerprint density at radius 1 is 1.00 bits per heavy atom. The summed E-state index contributed by atoms with van der Waals surface area (Å²) in [6.45, 7) is 18.0. The third-order valence-electron chi connectivity index (χ3n) is 3.73. The van der Waals surface area contributed by atoms with Crippen LogP contribution in [-0.2, 0) is 9.53 Å². The van der Waals surface area contributed by atoms with E-state index < -0.39 is 16.6 Å². The molecule has 0 aromatic carbocycles. The Kier molecular flexibility index (Phi) is 5.27. The molecule has 0 aromatic rings. The second-order valence-electron chi connectivity index (χ2n) is 8.34. The van der Waals surface area contributed by atoms with Crippen LogP contribution in [0.25, 0.3) is 0 Å². The highest BCUT2D eigenvalue weighted by molar-refractivity contribution is 5.78. The number of carbonyl (C=O) groups is 1. The zero-order valence-electron chi connectivity index (χ0n) is 14.3. The molecule has 0 aliphatic rings. The lowest BCUT2D eigenvalue weighted by atomic mass is 9.63. The molecule has 0 radical (unpaired) electrons. The first-order chi connectivity index (χ1) is 8.15. The minimum absolute atomic E-state index is 0.0153.